The molecule has 3 N–H and O–H groups in total. The van der Waals surface area contributed by atoms with Crippen molar-refractivity contribution in [3.8, 4) is 0 Å². The summed E-state index contributed by atoms with van der Waals surface area (Å²) in [5.74, 6) is 0.593. The van der Waals surface area contributed by atoms with Crippen LogP contribution in [0.2, 0.25) is 0 Å². The van der Waals surface area contributed by atoms with Gasteiger partial charge in [0.15, 0.2) is 0 Å². The van der Waals surface area contributed by atoms with Gasteiger partial charge in [-0.1, -0.05) is 0 Å². The van der Waals surface area contributed by atoms with Gasteiger partial charge in [-0.15, -0.1) is 0 Å². The quantitative estimate of drug-likeness (QED) is 0.571. The van der Waals surface area contributed by atoms with Gasteiger partial charge in [-0.05, 0) is 18.8 Å². The molecule has 1 fully saturated rings. The molecule has 0 aromatic carbocycles. The summed E-state index contributed by atoms with van der Waals surface area (Å²) in [4.78, 5) is 10.4. The van der Waals surface area contributed by atoms with Crippen molar-refractivity contribution in [3.63, 3.8) is 0 Å². The monoisotopic (exact) mass is 131 g/mol. The Kier molecular flexibility index (Phi) is 3.24. The maximum absolute atomic E-state index is 10.4. The maximum atomic E-state index is 10.4. The molecule has 1 rings (SSSR count). The number of methoxy groups -OCH3 is 1. The first kappa shape index (κ1) is 8.43. The number of carbonyl (C=O) groups excluding carboxylic acids is 1. The molecule has 0 radical (unpaired) electrons. The SMILES string of the molecule is COC(=O)CC1CC1.N. The predicted octanol–water partition coefficient (Wildman–Crippen LogP) is 1.12. The van der Waals surface area contributed by atoms with Gasteiger partial charge in [-0.2, -0.15) is 0 Å². The van der Waals surface area contributed by atoms with E-state index in [9.17, 15) is 4.79 Å². The van der Waals surface area contributed by atoms with Gasteiger partial charge in [-0.3, -0.25) is 4.79 Å². The number of rotatable bonds is 2. The van der Waals surface area contributed by atoms with Crippen molar-refractivity contribution < 1.29 is 9.53 Å². The molecular weight excluding hydrogens is 118 g/mol. The average Bonchev–Trinajstić information content (AvgIpc) is 2.50. The zero-order chi connectivity index (χ0) is 5.98. The molecule has 0 unspecified atom stereocenters. The third-order valence-electron chi connectivity index (χ3n) is 1.38. The van der Waals surface area contributed by atoms with Gasteiger partial charge in [-0.25, -0.2) is 0 Å². The fourth-order valence-corrected chi connectivity index (χ4v) is 0.641. The van der Waals surface area contributed by atoms with Crippen LogP contribution in [0.5, 0.6) is 0 Å². The zero-order valence-corrected chi connectivity index (χ0v) is 5.72. The molecule has 0 amide bonds. The Balaban J connectivity index is 0.000000640. The Morgan fingerprint density at radius 3 is 2.56 bits per heavy atom. The van der Waals surface area contributed by atoms with Gasteiger partial charge in [0.25, 0.3) is 0 Å². The van der Waals surface area contributed by atoms with Gasteiger partial charge in [0.2, 0.25) is 0 Å². The van der Waals surface area contributed by atoms with E-state index >= 15 is 0 Å². The summed E-state index contributed by atoms with van der Waals surface area (Å²) in [6.07, 6.45) is 3.07. The third-order valence-corrected chi connectivity index (χ3v) is 1.38. The smallest absolute Gasteiger partial charge is 0.305 e. The van der Waals surface area contributed by atoms with Crippen LogP contribution in [0.15, 0.2) is 0 Å². The van der Waals surface area contributed by atoms with Crippen LogP contribution in [-0.4, -0.2) is 13.1 Å². The largest absolute Gasteiger partial charge is 0.469 e. The van der Waals surface area contributed by atoms with Crippen molar-refractivity contribution in [1.29, 1.82) is 0 Å². The molecule has 0 spiro atoms. The van der Waals surface area contributed by atoms with E-state index in [1.165, 1.54) is 20.0 Å². The van der Waals surface area contributed by atoms with Crippen molar-refractivity contribution in [2.75, 3.05) is 7.11 Å². The Morgan fingerprint density at radius 1 is 1.67 bits per heavy atom. The van der Waals surface area contributed by atoms with E-state index in [4.69, 9.17) is 0 Å². The van der Waals surface area contributed by atoms with Crippen LogP contribution in [0.4, 0.5) is 0 Å². The van der Waals surface area contributed by atoms with Crippen LogP contribution in [-0.2, 0) is 9.53 Å². The molecule has 3 nitrogen and oxygen atoms in total. The van der Waals surface area contributed by atoms with Gasteiger partial charge in [0, 0.05) is 6.42 Å². The standard InChI is InChI=1S/C6H10O2.H3N/c1-8-6(7)4-5-2-3-5;/h5H,2-4H2,1H3;1H3. The molecule has 9 heavy (non-hydrogen) atoms. The topological polar surface area (TPSA) is 61.3 Å². The molecule has 0 bridgehead atoms. The fraction of sp³-hybridized carbons (Fsp3) is 0.833. The first-order valence-electron chi connectivity index (χ1n) is 2.89. The lowest BCUT2D eigenvalue weighted by Gasteiger charge is -1.92. The van der Waals surface area contributed by atoms with Crippen molar-refractivity contribution in [2.24, 2.45) is 5.92 Å². The fourth-order valence-electron chi connectivity index (χ4n) is 0.641. The van der Waals surface area contributed by atoms with E-state index in [0.717, 1.165) is 0 Å². The normalized spacial score (nSPS) is 16.1. The summed E-state index contributed by atoms with van der Waals surface area (Å²) < 4.78 is 4.46. The molecule has 54 valence electrons. The molecule has 0 aromatic heterocycles. The minimum Gasteiger partial charge on any atom is -0.469 e. The van der Waals surface area contributed by atoms with E-state index in [1.54, 1.807) is 0 Å². The highest BCUT2D eigenvalue weighted by atomic mass is 16.5. The van der Waals surface area contributed by atoms with Crippen LogP contribution < -0.4 is 6.15 Å². The molecule has 1 saturated carbocycles. The molecular formula is C6H13NO2. The number of hydrogen-bond acceptors (Lipinski definition) is 3. The van der Waals surface area contributed by atoms with Crippen LogP contribution in [0.1, 0.15) is 19.3 Å². The van der Waals surface area contributed by atoms with Gasteiger partial charge in [0.05, 0.1) is 7.11 Å². The third kappa shape index (κ3) is 3.08. The second-order valence-corrected chi connectivity index (χ2v) is 2.22. The molecule has 0 aromatic rings. The summed E-state index contributed by atoms with van der Waals surface area (Å²) in [7, 11) is 1.44. The average molecular weight is 131 g/mol. The van der Waals surface area contributed by atoms with Crippen molar-refractivity contribution in [2.45, 2.75) is 19.3 Å². The minimum absolute atomic E-state index is 0. The van der Waals surface area contributed by atoms with E-state index in [0.29, 0.717) is 12.3 Å². The lowest BCUT2D eigenvalue weighted by atomic mass is 10.3. The second kappa shape index (κ2) is 3.45. The van der Waals surface area contributed by atoms with E-state index in [2.05, 4.69) is 4.74 Å². The summed E-state index contributed by atoms with van der Waals surface area (Å²) in [5, 5.41) is 0. The first-order valence-corrected chi connectivity index (χ1v) is 2.89. The molecule has 3 heteroatoms. The summed E-state index contributed by atoms with van der Waals surface area (Å²) in [6, 6.07) is 0. The highest BCUT2D eigenvalue weighted by Gasteiger charge is 2.24. The Hall–Kier alpha value is -0.570. The van der Waals surface area contributed by atoms with E-state index in [-0.39, 0.29) is 12.1 Å². The highest BCUT2D eigenvalue weighted by molar-refractivity contribution is 5.69. The van der Waals surface area contributed by atoms with Crippen LogP contribution in [0, 0.1) is 5.92 Å². The van der Waals surface area contributed by atoms with E-state index < -0.39 is 0 Å². The molecule has 1 aliphatic carbocycles. The first-order chi connectivity index (χ1) is 3.83. The lowest BCUT2D eigenvalue weighted by molar-refractivity contribution is -0.141. The molecule has 0 heterocycles. The summed E-state index contributed by atoms with van der Waals surface area (Å²) in [6.45, 7) is 0. The van der Waals surface area contributed by atoms with Crippen molar-refractivity contribution >= 4 is 5.97 Å². The predicted molar refractivity (Wildman–Crippen MR) is 34.4 cm³/mol. The zero-order valence-electron chi connectivity index (χ0n) is 5.72. The van der Waals surface area contributed by atoms with Crippen molar-refractivity contribution in [3.05, 3.63) is 0 Å². The van der Waals surface area contributed by atoms with Gasteiger partial charge < -0.3 is 10.9 Å². The van der Waals surface area contributed by atoms with Gasteiger partial charge >= 0.3 is 5.97 Å². The Morgan fingerprint density at radius 2 is 2.22 bits per heavy atom. The Labute approximate surface area is 55.0 Å². The number of esters is 1. The summed E-state index contributed by atoms with van der Waals surface area (Å²) >= 11 is 0. The minimum atomic E-state index is -0.0625. The Bertz CT molecular complexity index is 99.2. The highest BCUT2D eigenvalue weighted by Crippen LogP contribution is 2.32. The maximum Gasteiger partial charge on any atom is 0.305 e. The molecule has 1 aliphatic rings. The molecule has 0 atom stereocenters. The van der Waals surface area contributed by atoms with Crippen molar-refractivity contribution in [1.82, 2.24) is 6.15 Å². The van der Waals surface area contributed by atoms with Crippen LogP contribution in [0.25, 0.3) is 0 Å². The number of carbonyl (C=O) groups is 1. The van der Waals surface area contributed by atoms with Crippen LogP contribution >= 0.6 is 0 Å². The van der Waals surface area contributed by atoms with Crippen LogP contribution in [0.3, 0.4) is 0 Å². The molecule has 0 saturated heterocycles. The summed E-state index contributed by atoms with van der Waals surface area (Å²) in [5.41, 5.74) is 0. The lowest BCUT2D eigenvalue weighted by Crippen LogP contribution is -1.99. The van der Waals surface area contributed by atoms with Gasteiger partial charge in [0.1, 0.15) is 0 Å². The second-order valence-electron chi connectivity index (χ2n) is 2.22. The molecule has 0 aliphatic heterocycles. The van der Waals surface area contributed by atoms with E-state index in [1.807, 2.05) is 0 Å². The number of ether oxygens (including phenoxy) is 1. The number of hydrogen-bond donors (Lipinski definition) is 1.